The lowest BCUT2D eigenvalue weighted by atomic mass is 9.85. The number of hydrogen-bond donors (Lipinski definition) is 0. The Balaban J connectivity index is 2.37. The van der Waals surface area contributed by atoms with Gasteiger partial charge in [0, 0.05) is 6.54 Å². The largest absolute Gasteiger partial charge is 0.303 e. The summed E-state index contributed by atoms with van der Waals surface area (Å²) in [5, 5.41) is 0. The zero-order valence-corrected chi connectivity index (χ0v) is 8.14. The monoisotopic (exact) mass is 155 g/mol. The third-order valence-corrected chi connectivity index (χ3v) is 3.17. The second kappa shape index (κ2) is 4.10. The van der Waals surface area contributed by atoms with E-state index in [1.807, 2.05) is 0 Å². The van der Waals surface area contributed by atoms with Crippen LogP contribution in [0.4, 0.5) is 0 Å². The molecule has 0 aromatic heterocycles. The fourth-order valence-electron chi connectivity index (χ4n) is 2.04. The molecule has 1 heterocycles. The molecule has 1 rings (SSSR count). The molecule has 0 bridgehead atoms. The van der Waals surface area contributed by atoms with E-state index in [-0.39, 0.29) is 0 Å². The summed E-state index contributed by atoms with van der Waals surface area (Å²) in [7, 11) is 0. The second-order valence-electron chi connectivity index (χ2n) is 3.83. The SMILES string of the molecule is CCC1CN(CC)CCC1C. The van der Waals surface area contributed by atoms with E-state index in [9.17, 15) is 0 Å². The van der Waals surface area contributed by atoms with Gasteiger partial charge in [-0.2, -0.15) is 0 Å². The van der Waals surface area contributed by atoms with Crippen LogP contribution in [-0.4, -0.2) is 24.5 Å². The van der Waals surface area contributed by atoms with Crippen LogP contribution in [0.15, 0.2) is 0 Å². The van der Waals surface area contributed by atoms with Crippen molar-refractivity contribution < 1.29 is 0 Å². The van der Waals surface area contributed by atoms with E-state index in [2.05, 4.69) is 25.7 Å². The van der Waals surface area contributed by atoms with Crippen LogP contribution in [0.25, 0.3) is 0 Å². The van der Waals surface area contributed by atoms with Crippen molar-refractivity contribution in [2.45, 2.75) is 33.6 Å². The van der Waals surface area contributed by atoms with E-state index in [1.54, 1.807) is 0 Å². The Labute approximate surface area is 70.8 Å². The molecule has 1 aliphatic heterocycles. The predicted octanol–water partition coefficient (Wildman–Crippen LogP) is 2.37. The summed E-state index contributed by atoms with van der Waals surface area (Å²) in [6, 6.07) is 0. The van der Waals surface area contributed by atoms with Crippen molar-refractivity contribution in [1.29, 1.82) is 0 Å². The molecule has 0 spiro atoms. The molecule has 1 nitrogen and oxygen atoms in total. The normalized spacial score (nSPS) is 34.1. The summed E-state index contributed by atoms with van der Waals surface area (Å²) in [4.78, 5) is 2.58. The highest BCUT2D eigenvalue weighted by molar-refractivity contribution is 4.76. The minimum Gasteiger partial charge on any atom is -0.303 e. The average molecular weight is 155 g/mol. The molecule has 0 aliphatic carbocycles. The second-order valence-corrected chi connectivity index (χ2v) is 3.83. The summed E-state index contributed by atoms with van der Waals surface area (Å²) in [5.41, 5.74) is 0. The van der Waals surface area contributed by atoms with Gasteiger partial charge in [0.05, 0.1) is 0 Å². The van der Waals surface area contributed by atoms with Crippen LogP contribution in [0.3, 0.4) is 0 Å². The molecule has 2 atom stereocenters. The lowest BCUT2D eigenvalue weighted by Crippen LogP contribution is -2.39. The Hall–Kier alpha value is -0.0400. The van der Waals surface area contributed by atoms with Gasteiger partial charge in [0.2, 0.25) is 0 Å². The van der Waals surface area contributed by atoms with Gasteiger partial charge in [-0.3, -0.25) is 0 Å². The van der Waals surface area contributed by atoms with E-state index in [0.717, 1.165) is 11.8 Å². The molecular formula is C10H21N. The first-order chi connectivity index (χ1) is 5.27. The van der Waals surface area contributed by atoms with Crippen molar-refractivity contribution in [3.8, 4) is 0 Å². The van der Waals surface area contributed by atoms with E-state index >= 15 is 0 Å². The Morgan fingerprint density at radius 3 is 2.64 bits per heavy atom. The van der Waals surface area contributed by atoms with Crippen LogP contribution in [0, 0.1) is 11.8 Å². The summed E-state index contributed by atoms with van der Waals surface area (Å²) in [6.07, 6.45) is 2.77. The summed E-state index contributed by atoms with van der Waals surface area (Å²) in [6.45, 7) is 10.9. The Morgan fingerprint density at radius 2 is 2.09 bits per heavy atom. The number of likely N-dealkylation sites (tertiary alicyclic amines) is 1. The lowest BCUT2D eigenvalue weighted by Gasteiger charge is -2.36. The Bertz CT molecular complexity index is 111. The van der Waals surface area contributed by atoms with Crippen LogP contribution in [-0.2, 0) is 0 Å². The highest BCUT2D eigenvalue weighted by Crippen LogP contribution is 2.24. The van der Waals surface area contributed by atoms with Gasteiger partial charge in [-0.05, 0) is 31.3 Å². The zero-order chi connectivity index (χ0) is 8.27. The van der Waals surface area contributed by atoms with E-state index in [0.29, 0.717) is 0 Å². The molecule has 0 radical (unpaired) electrons. The summed E-state index contributed by atoms with van der Waals surface area (Å²) >= 11 is 0. The summed E-state index contributed by atoms with van der Waals surface area (Å²) in [5.74, 6) is 1.92. The van der Waals surface area contributed by atoms with Gasteiger partial charge in [0.1, 0.15) is 0 Å². The van der Waals surface area contributed by atoms with Gasteiger partial charge in [-0.15, -0.1) is 0 Å². The predicted molar refractivity (Wildman–Crippen MR) is 49.7 cm³/mol. The van der Waals surface area contributed by atoms with Crippen molar-refractivity contribution in [1.82, 2.24) is 4.90 Å². The fourth-order valence-corrected chi connectivity index (χ4v) is 2.04. The number of hydrogen-bond acceptors (Lipinski definition) is 1. The number of rotatable bonds is 2. The molecule has 0 aromatic rings. The van der Waals surface area contributed by atoms with Crippen LogP contribution < -0.4 is 0 Å². The molecule has 1 fully saturated rings. The van der Waals surface area contributed by atoms with Gasteiger partial charge in [0.25, 0.3) is 0 Å². The van der Waals surface area contributed by atoms with E-state index < -0.39 is 0 Å². The molecular weight excluding hydrogens is 134 g/mol. The molecule has 1 heteroatoms. The molecule has 2 unspecified atom stereocenters. The average Bonchev–Trinajstić information content (AvgIpc) is 2.05. The molecule has 1 aliphatic rings. The first-order valence-electron chi connectivity index (χ1n) is 5.00. The van der Waals surface area contributed by atoms with E-state index in [1.165, 1.54) is 32.5 Å². The third kappa shape index (κ3) is 2.19. The third-order valence-electron chi connectivity index (χ3n) is 3.17. The van der Waals surface area contributed by atoms with Crippen molar-refractivity contribution in [3.05, 3.63) is 0 Å². The van der Waals surface area contributed by atoms with E-state index in [4.69, 9.17) is 0 Å². The van der Waals surface area contributed by atoms with Crippen LogP contribution >= 0.6 is 0 Å². The topological polar surface area (TPSA) is 3.24 Å². The minimum absolute atomic E-state index is 0.961. The van der Waals surface area contributed by atoms with Crippen LogP contribution in [0.1, 0.15) is 33.6 Å². The van der Waals surface area contributed by atoms with Crippen LogP contribution in [0.5, 0.6) is 0 Å². The first kappa shape index (κ1) is 9.05. The number of nitrogens with zero attached hydrogens (tertiary/aromatic N) is 1. The maximum absolute atomic E-state index is 2.58. The molecule has 1 saturated heterocycles. The number of piperidine rings is 1. The van der Waals surface area contributed by atoms with Crippen molar-refractivity contribution in [2.24, 2.45) is 11.8 Å². The molecule has 0 saturated carbocycles. The zero-order valence-electron chi connectivity index (χ0n) is 8.14. The maximum Gasteiger partial charge on any atom is 0.00120 e. The van der Waals surface area contributed by atoms with Gasteiger partial charge < -0.3 is 4.90 Å². The fraction of sp³-hybridized carbons (Fsp3) is 1.00. The molecule has 0 N–H and O–H groups in total. The maximum atomic E-state index is 2.58. The smallest absolute Gasteiger partial charge is 0.00120 e. The first-order valence-corrected chi connectivity index (χ1v) is 5.00. The lowest BCUT2D eigenvalue weighted by molar-refractivity contribution is 0.131. The molecule has 66 valence electrons. The van der Waals surface area contributed by atoms with Crippen molar-refractivity contribution in [3.63, 3.8) is 0 Å². The highest BCUT2D eigenvalue weighted by atomic mass is 15.1. The van der Waals surface area contributed by atoms with Gasteiger partial charge in [-0.1, -0.05) is 27.2 Å². The molecule has 11 heavy (non-hydrogen) atoms. The van der Waals surface area contributed by atoms with Gasteiger partial charge in [-0.25, -0.2) is 0 Å². The highest BCUT2D eigenvalue weighted by Gasteiger charge is 2.23. The van der Waals surface area contributed by atoms with Gasteiger partial charge >= 0.3 is 0 Å². The molecule has 0 aromatic carbocycles. The van der Waals surface area contributed by atoms with Gasteiger partial charge in [0.15, 0.2) is 0 Å². The summed E-state index contributed by atoms with van der Waals surface area (Å²) < 4.78 is 0. The standard InChI is InChI=1S/C10H21N/c1-4-10-8-11(5-2)7-6-9(10)3/h9-10H,4-8H2,1-3H3. The Morgan fingerprint density at radius 1 is 1.36 bits per heavy atom. The van der Waals surface area contributed by atoms with Crippen molar-refractivity contribution >= 4 is 0 Å². The minimum atomic E-state index is 0.961. The molecule has 0 amide bonds. The Kier molecular flexibility index (Phi) is 3.38. The van der Waals surface area contributed by atoms with Crippen molar-refractivity contribution in [2.75, 3.05) is 19.6 Å². The van der Waals surface area contributed by atoms with Crippen LogP contribution in [0.2, 0.25) is 0 Å². The quantitative estimate of drug-likeness (QED) is 0.592.